The van der Waals surface area contributed by atoms with Crippen LogP contribution in [0.5, 0.6) is 0 Å². The molecule has 4 rings (SSSR count). The minimum Gasteiger partial charge on any atom is -0.314 e. The molecule has 1 saturated heterocycles. The molecular weight excluding hydrogens is 364 g/mol. The fourth-order valence-corrected chi connectivity index (χ4v) is 3.58. The van der Waals surface area contributed by atoms with Crippen molar-refractivity contribution in [2.45, 2.75) is 13.5 Å². The summed E-state index contributed by atoms with van der Waals surface area (Å²) in [6.45, 7) is 7.30. The fraction of sp³-hybridized carbons (Fsp3) is 0.316. The van der Waals surface area contributed by atoms with E-state index in [-0.39, 0.29) is 0 Å². The van der Waals surface area contributed by atoms with Crippen LogP contribution >= 0.6 is 15.9 Å². The molecule has 24 heavy (non-hydrogen) atoms. The van der Waals surface area contributed by atoms with Crippen LogP contribution in [0, 0.1) is 6.92 Å². The second-order valence-corrected chi connectivity index (χ2v) is 7.29. The lowest BCUT2D eigenvalue weighted by atomic mass is 10.1. The normalized spacial score (nSPS) is 15.9. The Kier molecular flexibility index (Phi) is 4.39. The van der Waals surface area contributed by atoms with Crippen molar-refractivity contribution in [3.8, 4) is 11.3 Å². The number of piperazine rings is 1. The van der Waals surface area contributed by atoms with Crippen LogP contribution in [-0.4, -0.2) is 40.5 Å². The van der Waals surface area contributed by atoms with Crippen molar-refractivity contribution < 1.29 is 0 Å². The number of fused-ring (bicyclic) bond motifs is 1. The van der Waals surface area contributed by atoms with Crippen molar-refractivity contribution >= 4 is 21.6 Å². The Balaban J connectivity index is 1.81. The Morgan fingerprint density at radius 2 is 1.83 bits per heavy atom. The zero-order valence-electron chi connectivity index (χ0n) is 13.8. The first kappa shape index (κ1) is 15.8. The third-order valence-corrected chi connectivity index (χ3v) is 5.06. The summed E-state index contributed by atoms with van der Waals surface area (Å²) in [7, 11) is 0. The fourth-order valence-electron chi connectivity index (χ4n) is 3.24. The highest BCUT2D eigenvalue weighted by Gasteiger charge is 2.18. The van der Waals surface area contributed by atoms with Crippen LogP contribution in [0.4, 0.5) is 0 Å². The molecule has 0 aliphatic carbocycles. The summed E-state index contributed by atoms with van der Waals surface area (Å²) < 4.78 is 3.30. The van der Waals surface area contributed by atoms with Crippen LogP contribution in [0.1, 0.15) is 11.3 Å². The molecule has 3 heterocycles. The van der Waals surface area contributed by atoms with E-state index < -0.39 is 0 Å². The minimum atomic E-state index is 0.919. The first-order valence-electron chi connectivity index (χ1n) is 8.37. The lowest BCUT2D eigenvalue weighted by Gasteiger charge is -2.27. The Hall–Kier alpha value is -1.69. The molecule has 5 heteroatoms. The van der Waals surface area contributed by atoms with E-state index in [1.54, 1.807) is 0 Å². The van der Waals surface area contributed by atoms with Gasteiger partial charge < -0.3 is 9.72 Å². The average molecular weight is 385 g/mol. The molecule has 1 aromatic carbocycles. The van der Waals surface area contributed by atoms with E-state index in [0.717, 1.165) is 48.5 Å². The molecular formula is C19H21BrN4. The number of halogens is 1. The smallest absolute Gasteiger partial charge is 0.137 e. The van der Waals surface area contributed by atoms with Gasteiger partial charge in [-0.15, -0.1) is 0 Å². The highest BCUT2D eigenvalue weighted by molar-refractivity contribution is 9.10. The van der Waals surface area contributed by atoms with E-state index in [0.29, 0.717) is 0 Å². The Morgan fingerprint density at radius 1 is 1.08 bits per heavy atom. The highest BCUT2D eigenvalue weighted by Crippen LogP contribution is 2.27. The topological polar surface area (TPSA) is 32.6 Å². The zero-order chi connectivity index (χ0) is 16.5. The average Bonchev–Trinajstić information content (AvgIpc) is 2.94. The third-order valence-electron chi connectivity index (χ3n) is 4.59. The van der Waals surface area contributed by atoms with E-state index in [2.05, 4.69) is 80.1 Å². The van der Waals surface area contributed by atoms with E-state index in [4.69, 9.17) is 4.98 Å². The van der Waals surface area contributed by atoms with Crippen LogP contribution < -0.4 is 5.32 Å². The molecule has 0 spiro atoms. The van der Waals surface area contributed by atoms with Gasteiger partial charge in [-0.2, -0.15) is 0 Å². The maximum Gasteiger partial charge on any atom is 0.137 e. The first-order valence-corrected chi connectivity index (χ1v) is 9.16. The van der Waals surface area contributed by atoms with Gasteiger partial charge in [0.25, 0.3) is 0 Å². The molecule has 2 aromatic heterocycles. The summed E-state index contributed by atoms with van der Waals surface area (Å²) in [6, 6.07) is 12.8. The van der Waals surface area contributed by atoms with Gasteiger partial charge in [0.2, 0.25) is 0 Å². The quantitative estimate of drug-likeness (QED) is 0.750. The first-order chi connectivity index (χ1) is 11.7. The second-order valence-electron chi connectivity index (χ2n) is 6.37. The Morgan fingerprint density at radius 3 is 2.58 bits per heavy atom. The van der Waals surface area contributed by atoms with Gasteiger partial charge in [-0.05, 0) is 35.0 Å². The number of rotatable bonds is 3. The standard InChI is InChI=1S/C19H21BrN4/c1-14-2-4-15(5-3-14)19-17(13-23-10-8-21-9-11-23)24-12-16(20)6-7-18(24)22-19/h2-7,12,21H,8-11,13H2,1H3. The van der Waals surface area contributed by atoms with Crippen molar-refractivity contribution in [2.75, 3.05) is 26.2 Å². The van der Waals surface area contributed by atoms with Gasteiger partial charge in [-0.3, -0.25) is 4.90 Å². The van der Waals surface area contributed by atoms with Crippen LogP contribution in [0.15, 0.2) is 47.1 Å². The molecule has 0 radical (unpaired) electrons. The van der Waals surface area contributed by atoms with Crippen molar-refractivity contribution in [1.82, 2.24) is 19.6 Å². The number of benzene rings is 1. The summed E-state index contributed by atoms with van der Waals surface area (Å²) in [5.41, 5.74) is 5.81. The molecule has 124 valence electrons. The molecule has 0 bridgehead atoms. The van der Waals surface area contributed by atoms with Gasteiger partial charge in [-0.25, -0.2) is 4.98 Å². The molecule has 1 fully saturated rings. The molecule has 4 nitrogen and oxygen atoms in total. The van der Waals surface area contributed by atoms with Gasteiger partial charge >= 0.3 is 0 Å². The number of nitrogens with zero attached hydrogens (tertiary/aromatic N) is 3. The van der Waals surface area contributed by atoms with Crippen LogP contribution in [-0.2, 0) is 6.54 Å². The number of nitrogens with one attached hydrogen (secondary N) is 1. The Bertz CT molecular complexity index is 848. The number of imidazole rings is 1. The van der Waals surface area contributed by atoms with Crippen molar-refractivity contribution in [3.63, 3.8) is 0 Å². The molecule has 0 atom stereocenters. The maximum atomic E-state index is 4.92. The number of aryl methyl sites for hydroxylation is 1. The van der Waals surface area contributed by atoms with Gasteiger partial charge in [0.1, 0.15) is 5.65 Å². The summed E-state index contributed by atoms with van der Waals surface area (Å²) in [5.74, 6) is 0. The molecule has 1 N–H and O–H groups in total. The lowest BCUT2D eigenvalue weighted by molar-refractivity contribution is 0.230. The molecule has 1 aliphatic heterocycles. The largest absolute Gasteiger partial charge is 0.314 e. The number of aromatic nitrogens is 2. The van der Waals surface area contributed by atoms with Gasteiger partial charge in [-0.1, -0.05) is 29.8 Å². The Labute approximate surface area is 150 Å². The van der Waals surface area contributed by atoms with E-state index in [1.165, 1.54) is 16.8 Å². The third kappa shape index (κ3) is 3.11. The van der Waals surface area contributed by atoms with Crippen LogP contribution in [0.3, 0.4) is 0 Å². The van der Waals surface area contributed by atoms with Gasteiger partial charge in [0, 0.05) is 49.0 Å². The molecule has 0 saturated carbocycles. The van der Waals surface area contributed by atoms with E-state index in [9.17, 15) is 0 Å². The van der Waals surface area contributed by atoms with Gasteiger partial charge in [0.15, 0.2) is 0 Å². The summed E-state index contributed by atoms with van der Waals surface area (Å²) in [6.07, 6.45) is 2.12. The molecule has 3 aromatic rings. The van der Waals surface area contributed by atoms with E-state index in [1.807, 2.05) is 0 Å². The predicted octanol–water partition coefficient (Wildman–Crippen LogP) is 3.48. The number of pyridine rings is 1. The second kappa shape index (κ2) is 6.67. The predicted molar refractivity (Wildman–Crippen MR) is 101 cm³/mol. The minimum absolute atomic E-state index is 0.919. The van der Waals surface area contributed by atoms with Gasteiger partial charge in [0.05, 0.1) is 11.4 Å². The highest BCUT2D eigenvalue weighted by atomic mass is 79.9. The molecule has 0 amide bonds. The molecule has 1 aliphatic rings. The maximum absolute atomic E-state index is 4.92. The summed E-state index contributed by atoms with van der Waals surface area (Å²) in [5, 5.41) is 3.42. The number of hydrogen-bond donors (Lipinski definition) is 1. The summed E-state index contributed by atoms with van der Waals surface area (Å²) >= 11 is 3.59. The zero-order valence-corrected chi connectivity index (χ0v) is 15.4. The van der Waals surface area contributed by atoms with Crippen molar-refractivity contribution in [3.05, 3.63) is 58.3 Å². The monoisotopic (exact) mass is 384 g/mol. The summed E-state index contributed by atoms with van der Waals surface area (Å²) in [4.78, 5) is 7.42. The van der Waals surface area contributed by atoms with Crippen molar-refractivity contribution in [2.24, 2.45) is 0 Å². The van der Waals surface area contributed by atoms with Crippen LogP contribution in [0.25, 0.3) is 16.9 Å². The molecule has 0 unspecified atom stereocenters. The lowest BCUT2D eigenvalue weighted by Crippen LogP contribution is -2.43. The number of hydrogen-bond acceptors (Lipinski definition) is 3. The SMILES string of the molecule is Cc1ccc(-c2nc3ccc(Br)cn3c2CN2CCNCC2)cc1. The van der Waals surface area contributed by atoms with E-state index >= 15 is 0 Å². The van der Waals surface area contributed by atoms with Crippen molar-refractivity contribution in [1.29, 1.82) is 0 Å². The van der Waals surface area contributed by atoms with Crippen LogP contribution in [0.2, 0.25) is 0 Å².